The van der Waals surface area contributed by atoms with Gasteiger partial charge < -0.3 is 20.3 Å². The monoisotopic (exact) mass is 343 g/mol. The van der Waals surface area contributed by atoms with E-state index < -0.39 is 23.7 Å². The van der Waals surface area contributed by atoms with E-state index in [1.54, 1.807) is 45.0 Å². The van der Waals surface area contributed by atoms with Gasteiger partial charge in [-0.2, -0.15) is 0 Å². The Kier molecular flexibility index (Phi) is 5.82. The Bertz CT molecular complexity index is 692. The van der Waals surface area contributed by atoms with Crippen LogP contribution >= 0.6 is 0 Å². The van der Waals surface area contributed by atoms with Gasteiger partial charge in [-0.25, -0.2) is 4.79 Å². The Balaban J connectivity index is 2.09. The lowest BCUT2D eigenvalue weighted by Gasteiger charge is -2.30. The van der Waals surface area contributed by atoms with Crippen LogP contribution in [0.1, 0.15) is 31.9 Å². The van der Waals surface area contributed by atoms with E-state index in [0.29, 0.717) is 17.9 Å². The molecule has 0 radical (unpaired) electrons. The molecule has 0 unspecified atom stereocenters. The molecule has 2 rings (SSSR count). The number of aliphatic hydroxyl groups is 1. The number of carbonyl (C=O) groups is 1. The smallest absolute Gasteiger partial charge is 0.333 e. The maximum atomic E-state index is 12.4. The Hall–Kier alpha value is -2.37. The zero-order chi connectivity index (χ0) is 18.5. The number of nitrogens with two attached hydrogens (primary N) is 1. The summed E-state index contributed by atoms with van der Waals surface area (Å²) in [7, 11) is 0. The van der Waals surface area contributed by atoms with Crippen molar-refractivity contribution in [1.29, 1.82) is 0 Å². The number of hydrogen-bond acceptors (Lipinski definition) is 5. The fraction of sp³-hybridized carbons (Fsp3) is 0.350. The minimum atomic E-state index is -1.61. The van der Waals surface area contributed by atoms with Crippen LogP contribution in [-0.2, 0) is 21.7 Å². The van der Waals surface area contributed by atoms with Crippen LogP contribution in [0.15, 0.2) is 54.6 Å². The Labute approximate surface area is 148 Å². The van der Waals surface area contributed by atoms with E-state index in [9.17, 15) is 9.90 Å². The summed E-state index contributed by atoms with van der Waals surface area (Å²) in [5.74, 6) is -0.0162. The molecule has 5 nitrogen and oxygen atoms in total. The van der Waals surface area contributed by atoms with Gasteiger partial charge in [0, 0.05) is 0 Å². The molecule has 0 bridgehead atoms. The molecule has 2 aromatic rings. The topological polar surface area (TPSA) is 81.8 Å². The second kappa shape index (κ2) is 7.68. The molecule has 5 heteroatoms. The van der Waals surface area contributed by atoms with Gasteiger partial charge in [0.1, 0.15) is 18.0 Å². The molecule has 0 aliphatic rings. The largest absolute Gasteiger partial charge is 0.489 e. The quantitative estimate of drug-likeness (QED) is 0.788. The van der Waals surface area contributed by atoms with Gasteiger partial charge in [-0.1, -0.05) is 42.5 Å². The van der Waals surface area contributed by atoms with Crippen molar-refractivity contribution in [3.8, 4) is 5.75 Å². The lowest BCUT2D eigenvalue weighted by molar-refractivity contribution is -0.163. The van der Waals surface area contributed by atoms with Crippen molar-refractivity contribution in [1.82, 2.24) is 0 Å². The van der Waals surface area contributed by atoms with Crippen molar-refractivity contribution < 1.29 is 19.4 Å². The zero-order valence-corrected chi connectivity index (χ0v) is 14.9. The van der Waals surface area contributed by atoms with Crippen molar-refractivity contribution in [2.24, 2.45) is 5.73 Å². The van der Waals surface area contributed by atoms with Crippen LogP contribution in [0.4, 0.5) is 0 Å². The summed E-state index contributed by atoms with van der Waals surface area (Å²) in [5.41, 5.74) is 5.36. The molecule has 0 aliphatic carbocycles. The third kappa shape index (κ3) is 5.05. The third-order valence-electron chi connectivity index (χ3n) is 3.63. The predicted octanol–water partition coefficient (Wildman–Crippen LogP) is 2.75. The molecule has 134 valence electrons. The molecule has 0 spiro atoms. The standard InChI is InChI=1S/C20H25NO4/c1-19(2,3)25-18(23)20(21,14-22)16-9-11-17(12-10-16)24-13-15-7-5-4-6-8-15/h4-12,22H,13-14,21H2,1-3H3/t20-/m0/s1. The van der Waals surface area contributed by atoms with Crippen LogP contribution in [0.5, 0.6) is 5.75 Å². The molecule has 2 aromatic carbocycles. The first-order valence-electron chi connectivity index (χ1n) is 8.15. The molecule has 1 atom stereocenters. The van der Waals surface area contributed by atoms with Crippen LogP contribution in [0.2, 0.25) is 0 Å². The number of benzene rings is 2. The molecular weight excluding hydrogens is 318 g/mol. The molecule has 0 fully saturated rings. The van der Waals surface area contributed by atoms with Crippen molar-refractivity contribution in [2.75, 3.05) is 6.61 Å². The van der Waals surface area contributed by atoms with E-state index in [1.807, 2.05) is 30.3 Å². The van der Waals surface area contributed by atoms with Crippen molar-refractivity contribution in [3.05, 3.63) is 65.7 Å². The average molecular weight is 343 g/mol. The minimum Gasteiger partial charge on any atom is -0.489 e. The van der Waals surface area contributed by atoms with E-state index >= 15 is 0 Å². The van der Waals surface area contributed by atoms with Gasteiger partial charge in [-0.15, -0.1) is 0 Å². The zero-order valence-electron chi connectivity index (χ0n) is 14.9. The van der Waals surface area contributed by atoms with E-state index in [1.165, 1.54) is 0 Å². The van der Waals surface area contributed by atoms with Crippen LogP contribution in [0.25, 0.3) is 0 Å². The van der Waals surface area contributed by atoms with Gasteiger partial charge in [0.05, 0.1) is 6.61 Å². The van der Waals surface area contributed by atoms with Crippen LogP contribution in [0.3, 0.4) is 0 Å². The minimum absolute atomic E-state index is 0.444. The SMILES string of the molecule is CC(C)(C)OC(=O)[C@](N)(CO)c1ccc(OCc2ccccc2)cc1. The normalized spacial score (nSPS) is 13.8. The van der Waals surface area contributed by atoms with Gasteiger partial charge in [-0.3, -0.25) is 0 Å². The first-order chi connectivity index (χ1) is 11.7. The van der Waals surface area contributed by atoms with Gasteiger partial charge in [0.2, 0.25) is 0 Å². The summed E-state index contributed by atoms with van der Waals surface area (Å²) in [6, 6.07) is 16.6. The molecule has 0 heterocycles. The first kappa shape index (κ1) is 19.0. The van der Waals surface area contributed by atoms with Crippen molar-refractivity contribution in [3.63, 3.8) is 0 Å². The Morgan fingerprint density at radius 3 is 2.16 bits per heavy atom. The Morgan fingerprint density at radius 2 is 1.64 bits per heavy atom. The lowest BCUT2D eigenvalue weighted by Crippen LogP contribution is -2.51. The van der Waals surface area contributed by atoms with Gasteiger partial charge in [-0.05, 0) is 44.0 Å². The number of esters is 1. The molecule has 0 saturated heterocycles. The predicted molar refractivity (Wildman–Crippen MR) is 96.0 cm³/mol. The lowest BCUT2D eigenvalue weighted by atomic mass is 9.91. The molecule has 0 aromatic heterocycles. The van der Waals surface area contributed by atoms with Crippen molar-refractivity contribution in [2.45, 2.75) is 38.5 Å². The van der Waals surface area contributed by atoms with Crippen LogP contribution < -0.4 is 10.5 Å². The summed E-state index contributed by atoms with van der Waals surface area (Å²) >= 11 is 0. The molecule has 0 saturated carbocycles. The highest BCUT2D eigenvalue weighted by atomic mass is 16.6. The summed E-state index contributed by atoms with van der Waals surface area (Å²) in [4.78, 5) is 12.4. The molecule has 0 aliphatic heterocycles. The summed E-state index contributed by atoms with van der Waals surface area (Å²) in [6.07, 6.45) is 0. The van der Waals surface area contributed by atoms with Crippen LogP contribution in [0, 0.1) is 0 Å². The molecule has 0 amide bonds. The van der Waals surface area contributed by atoms with Gasteiger partial charge in [0.25, 0.3) is 0 Å². The number of carbonyl (C=O) groups excluding carboxylic acids is 1. The maximum Gasteiger partial charge on any atom is 0.333 e. The van der Waals surface area contributed by atoms with Gasteiger partial charge in [0.15, 0.2) is 5.54 Å². The fourth-order valence-electron chi connectivity index (χ4n) is 2.23. The Morgan fingerprint density at radius 1 is 1.04 bits per heavy atom. The van der Waals surface area contributed by atoms with E-state index in [0.717, 1.165) is 5.56 Å². The second-order valence-electron chi connectivity index (χ2n) is 6.93. The number of rotatable bonds is 6. The van der Waals surface area contributed by atoms with E-state index in [2.05, 4.69) is 0 Å². The number of ether oxygens (including phenoxy) is 2. The summed E-state index contributed by atoms with van der Waals surface area (Å²) in [6.45, 7) is 5.15. The highest BCUT2D eigenvalue weighted by molar-refractivity contribution is 5.83. The van der Waals surface area contributed by atoms with E-state index in [4.69, 9.17) is 15.2 Å². The fourth-order valence-corrected chi connectivity index (χ4v) is 2.23. The average Bonchev–Trinajstić information content (AvgIpc) is 2.59. The van der Waals surface area contributed by atoms with Crippen molar-refractivity contribution >= 4 is 5.97 Å². The van der Waals surface area contributed by atoms with E-state index in [-0.39, 0.29) is 0 Å². The van der Waals surface area contributed by atoms with Crippen LogP contribution in [-0.4, -0.2) is 23.3 Å². The third-order valence-corrected chi connectivity index (χ3v) is 3.63. The molecule has 25 heavy (non-hydrogen) atoms. The second-order valence-corrected chi connectivity index (χ2v) is 6.93. The summed E-state index contributed by atoms with van der Waals surface area (Å²) < 4.78 is 11.0. The summed E-state index contributed by atoms with van der Waals surface area (Å²) in [5, 5.41) is 9.67. The number of hydrogen-bond donors (Lipinski definition) is 2. The van der Waals surface area contributed by atoms with Gasteiger partial charge >= 0.3 is 5.97 Å². The highest BCUT2D eigenvalue weighted by Gasteiger charge is 2.39. The molecule has 3 N–H and O–H groups in total. The first-order valence-corrected chi connectivity index (χ1v) is 8.15. The maximum absolute atomic E-state index is 12.4. The highest BCUT2D eigenvalue weighted by Crippen LogP contribution is 2.25. The number of aliphatic hydroxyl groups excluding tert-OH is 1. The molecular formula is C20H25NO4.